The van der Waals surface area contributed by atoms with Crippen LogP contribution in [0.25, 0.3) is 0 Å². The largest absolute Gasteiger partial charge is 0.457 e. The molecule has 0 aliphatic rings. The van der Waals surface area contributed by atoms with E-state index < -0.39 is 0 Å². The smallest absolute Gasteiger partial charge is 0.257 e. The van der Waals surface area contributed by atoms with Gasteiger partial charge in [-0.25, -0.2) is 0 Å². The van der Waals surface area contributed by atoms with Gasteiger partial charge >= 0.3 is 0 Å². The van der Waals surface area contributed by atoms with Crippen LogP contribution in [0.2, 0.25) is 0 Å². The maximum atomic E-state index is 12.0. The lowest BCUT2D eigenvalue weighted by molar-refractivity contribution is 0.0784. The summed E-state index contributed by atoms with van der Waals surface area (Å²) < 4.78 is 5.59. The minimum Gasteiger partial charge on any atom is -0.457 e. The molecule has 0 aromatic carbocycles. The summed E-state index contributed by atoms with van der Waals surface area (Å²) >= 11 is 3.17. The van der Waals surface area contributed by atoms with Gasteiger partial charge in [-0.1, -0.05) is 6.07 Å². The van der Waals surface area contributed by atoms with Crippen LogP contribution in [0.1, 0.15) is 15.9 Å². The van der Waals surface area contributed by atoms with E-state index in [0.29, 0.717) is 16.8 Å². The van der Waals surface area contributed by atoms with Crippen LogP contribution in [0.15, 0.2) is 45.9 Å². The number of rotatable bonds is 3. The van der Waals surface area contributed by atoms with Crippen molar-refractivity contribution >= 4 is 21.8 Å². The summed E-state index contributed by atoms with van der Waals surface area (Å²) in [4.78, 5) is 17.6. The van der Waals surface area contributed by atoms with E-state index >= 15 is 0 Å². The van der Waals surface area contributed by atoms with Crippen molar-refractivity contribution in [2.75, 3.05) is 7.05 Å². The van der Waals surface area contributed by atoms with Gasteiger partial charge in [-0.2, -0.15) is 0 Å². The second-order valence-electron chi connectivity index (χ2n) is 3.66. The molecule has 4 nitrogen and oxygen atoms in total. The Labute approximate surface area is 107 Å². The van der Waals surface area contributed by atoms with Crippen LogP contribution in [0.4, 0.5) is 0 Å². The lowest BCUT2D eigenvalue weighted by atomic mass is 10.2. The number of carbonyl (C=O) groups excluding carboxylic acids is 1. The van der Waals surface area contributed by atoms with Gasteiger partial charge in [-0.05, 0) is 27.6 Å². The maximum Gasteiger partial charge on any atom is 0.257 e. The molecule has 0 radical (unpaired) electrons. The molecule has 5 heteroatoms. The summed E-state index contributed by atoms with van der Waals surface area (Å²) in [7, 11) is 1.75. The van der Waals surface area contributed by atoms with Gasteiger partial charge < -0.3 is 9.32 Å². The Morgan fingerprint density at radius 1 is 1.59 bits per heavy atom. The van der Waals surface area contributed by atoms with Gasteiger partial charge in [0.05, 0.1) is 5.56 Å². The van der Waals surface area contributed by atoms with Crippen LogP contribution in [0.3, 0.4) is 0 Å². The zero-order valence-electron chi connectivity index (χ0n) is 9.26. The molecule has 0 saturated carbocycles. The molecule has 0 N–H and O–H groups in total. The third-order valence-corrected chi connectivity index (χ3v) is 2.72. The second-order valence-corrected chi connectivity index (χ2v) is 4.44. The zero-order valence-corrected chi connectivity index (χ0v) is 10.8. The van der Waals surface area contributed by atoms with Crippen molar-refractivity contribution in [2.24, 2.45) is 0 Å². The Morgan fingerprint density at radius 2 is 2.41 bits per heavy atom. The Morgan fingerprint density at radius 3 is 3.00 bits per heavy atom. The van der Waals surface area contributed by atoms with E-state index in [1.54, 1.807) is 30.4 Å². The molecule has 0 bridgehead atoms. The fourth-order valence-electron chi connectivity index (χ4n) is 1.48. The summed E-state index contributed by atoms with van der Waals surface area (Å²) in [5.41, 5.74) is 1.52. The lowest BCUT2D eigenvalue weighted by Crippen LogP contribution is -2.25. The Bertz CT molecular complexity index is 510. The molecule has 2 aromatic rings. The number of amides is 1. The van der Waals surface area contributed by atoms with Crippen LogP contribution in [0, 0.1) is 0 Å². The van der Waals surface area contributed by atoms with E-state index in [-0.39, 0.29) is 5.91 Å². The van der Waals surface area contributed by atoms with E-state index in [0.717, 1.165) is 5.56 Å². The molecule has 0 aliphatic carbocycles. The normalized spacial score (nSPS) is 10.2. The standard InChI is InChI=1S/C12H11BrN2O2/c1-15(7-9-3-2-4-14-6-9)12(16)10-5-11(13)17-8-10/h2-6,8H,7H2,1H3. The predicted molar refractivity (Wildman–Crippen MR) is 66.4 cm³/mol. The third kappa shape index (κ3) is 2.94. The van der Waals surface area contributed by atoms with Gasteiger partial charge in [0, 0.05) is 32.1 Å². The maximum absolute atomic E-state index is 12.0. The molecule has 0 atom stereocenters. The van der Waals surface area contributed by atoms with Crippen molar-refractivity contribution in [1.82, 2.24) is 9.88 Å². The van der Waals surface area contributed by atoms with Crippen LogP contribution in [0.5, 0.6) is 0 Å². The molecule has 1 amide bonds. The van der Waals surface area contributed by atoms with Crippen LogP contribution in [-0.4, -0.2) is 22.8 Å². The molecule has 0 saturated heterocycles. The predicted octanol–water partition coefficient (Wildman–Crippen LogP) is 2.71. The molecular weight excluding hydrogens is 284 g/mol. The van der Waals surface area contributed by atoms with Crippen molar-refractivity contribution in [3.63, 3.8) is 0 Å². The van der Waals surface area contributed by atoms with Gasteiger partial charge in [0.2, 0.25) is 0 Å². The summed E-state index contributed by atoms with van der Waals surface area (Å²) in [6.45, 7) is 0.523. The van der Waals surface area contributed by atoms with Crippen molar-refractivity contribution in [1.29, 1.82) is 0 Å². The van der Waals surface area contributed by atoms with E-state index in [2.05, 4.69) is 20.9 Å². The minimum atomic E-state index is -0.0803. The Kier molecular flexibility index (Phi) is 3.58. The fraction of sp³-hybridized carbons (Fsp3) is 0.167. The summed E-state index contributed by atoms with van der Waals surface area (Å²) in [5, 5.41) is 0. The number of nitrogens with zero attached hydrogens (tertiary/aromatic N) is 2. The summed E-state index contributed by atoms with van der Waals surface area (Å²) in [6.07, 6.45) is 4.89. The first-order valence-electron chi connectivity index (χ1n) is 5.05. The van der Waals surface area contributed by atoms with Gasteiger partial charge in [0.15, 0.2) is 4.67 Å². The topological polar surface area (TPSA) is 46.3 Å². The third-order valence-electron chi connectivity index (χ3n) is 2.30. The van der Waals surface area contributed by atoms with Crippen molar-refractivity contribution in [2.45, 2.75) is 6.54 Å². The zero-order chi connectivity index (χ0) is 12.3. The quantitative estimate of drug-likeness (QED) is 0.874. The Balaban J connectivity index is 2.06. The van der Waals surface area contributed by atoms with Gasteiger partial charge in [0.1, 0.15) is 6.26 Å². The Hall–Kier alpha value is -1.62. The molecule has 88 valence electrons. The van der Waals surface area contributed by atoms with Crippen LogP contribution < -0.4 is 0 Å². The second kappa shape index (κ2) is 5.14. The molecule has 0 spiro atoms. The lowest BCUT2D eigenvalue weighted by Gasteiger charge is -2.15. The summed E-state index contributed by atoms with van der Waals surface area (Å²) in [5.74, 6) is -0.0803. The molecule has 0 unspecified atom stereocenters. The average Bonchev–Trinajstić information content (AvgIpc) is 2.76. The highest BCUT2D eigenvalue weighted by Gasteiger charge is 2.14. The van der Waals surface area contributed by atoms with Crippen LogP contribution >= 0.6 is 15.9 Å². The highest BCUT2D eigenvalue weighted by molar-refractivity contribution is 9.10. The first-order chi connectivity index (χ1) is 8.16. The average molecular weight is 295 g/mol. The highest BCUT2D eigenvalue weighted by Crippen LogP contribution is 2.16. The SMILES string of the molecule is CN(Cc1cccnc1)C(=O)c1coc(Br)c1. The number of carbonyl (C=O) groups is 1. The van der Waals surface area contributed by atoms with E-state index in [9.17, 15) is 4.79 Å². The number of aromatic nitrogens is 1. The van der Waals surface area contributed by atoms with Crippen molar-refractivity contribution < 1.29 is 9.21 Å². The molecule has 0 fully saturated rings. The number of hydrogen-bond acceptors (Lipinski definition) is 3. The molecule has 17 heavy (non-hydrogen) atoms. The van der Waals surface area contributed by atoms with Crippen molar-refractivity contribution in [3.8, 4) is 0 Å². The summed E-state index contributed by atoms with van der Waals surface area (Å²) in [6, 6.07) is 5.44. The molecule has 2 aromatic heterocycles. The first-order valence-corrected chi connectivity index (χ1v) is 5.84. The monoisotopic (exact) mass is 294 g/mol. The molecule has 2 rings (SSSR count). The molecule has 0 aliphatic heterocycles. The van der Waals surface area contributed by atoms with Gasteiger partial charge in [-0.3, -0.25) is 9.78 Å². The van der Waals surface area contributed by atoms with E-state index in [1.165, 1.54) is 6.26 Å². The number of furan rings is 1. The van der Waals surface area contributed by atoms with Crippen molar-refractivity contribution in [3.05, 3.63) is 52.7 Å². The van der Waals surface area contributed by atoms with E-state index in [4.69, 9.17) is 4.42 Å². The fourth-order valence-corrected chi connectivity index (χ4v) is 1.82. The number of hydrogen-bond donors (Lipinski definition) is 0. The van der Waals surface area contributed by atoms with E-state index in [1.807, 2.05) is 12.1 Å². The minimum absolute atomic E-state index is 0.0803. The highest BCUT2D eigenvalue weighted by atomic mass is 79.9. The van der Waals surface area contributed by atoms with Gasteiger partial charge in [0.25, 0.3) is 5.91 Å². The number of halogens is 1. The molecular formula is C12H11BrN2O2. The number of pyridine rings is 1. The first kappa shape index (κ1) is 11.9. The van der Waals surface area contributed by atoms with Crippen LogP contribution in [-0.2, 0) is 6.54 Å². The van der Waals surface area contributed by atoms with Gasteiger partial charge in [-0.15, -0.1) is 0 Å². The molecule has 2 heterocycles.